The number of carbonyl (C=O) groups is 2. The second-order valence-corrected chi connectivity index (χ2v) is 6.59. The van der Waals surface area contributed by atoms with Crippen molar-refractivity contribution in [2.24, 2.45) is 5.92 Å². The van der Waals surface area contributed by atoms with Crippen molar-refractivity contribution in [1.82, 2.24) is 15.5 Å². The van der Waals surface area contributed by atoms with Crippen LogP contribution in [0.1, 0.15) is 37.0 Å². The standard InChI is InChI=1S/C18H28N4O2/c1-13(2)20-18(24)21-16-7-5-4-6-15(16)17(23)22-10-8-14(9-11-22)12-19-3/h4-7,13-14,19H,8-12H2,1-3H3,(H2,20,21,24). The van der Waals surface area contributed by atoms with Crippen LogP contribution in [0.5, 0.6) is 0 Å². The summed E-state index contributed by atoms with van der Waals surface area (Å²) in [5, 5.41) is 8.76. The third-order valence-electron chi connectivity index (χ3n) is 4.22. The highest BCUT2D eigenvalue weighted by Gasteiger charge is 2.25. The molecule has 1 aliphatic heterocycles. The number of urea groups is 1. The van der Waals surface area contributed by atoms with Crippen molar-refractivity contribution in [3.63, 3.8) is 0 Å². The Hall–Kier alpha value is -2.08. The van der Waals surface area contributed by atoms with Crippen LogP contribution in [0.15, 0.2) is 24.3 Å². The summed E-state index contributed by atoms with van der Waals surface area (Å²) < 4.78 is 0. The molecule has 3 N–H and O–H groups in total. The molecule has 1 aliphatic rings. The molecule has 0 atom stereocenters. The van der Waals surface area contributed by atoms with Gasteiger partial charge in [0.05, 0.1) is 11.3 Å². The fourth-order valence-electron chi connectivity index (χ4n) is 3.00. The molecule has 1 saturated heterocycles. The van der Waals surface area contributed by atoms with Crippen LogP contribution in [0.25, 0.3) is 0 Å². The second-order valence-electron chi connectivity index (χ2n) is 6.59. The lowest BCUT2D eigenvalue weighted by molar-refractivity contribution is 0.0692. The summed E-state index contributed by atoms with van der Waals surface area (Å²) in [4.78, 5) is 26.6. The summed E-state index contributed by atoms with van der Waals surface area (Å²) in [5.41, 5.74) is 1.10. The molecule has 1 fully saturated rings. The molecule has 3 amide bonds. The van der Waals surface area contributed by atoms with E-state index in [1.165, 1.54) is 0 Å². The van der Waals surface area contributed by atoms with Crippen molar-refractivity contribution in [1.29, 1.82) is 0 Å². The van der Waals surface area contributed by atoms with Crippen molar-refractivity contribution in [2.45, 2.75) is 32.7 Å². The van der Waals surface area contributed by atoms with E-state index in [-0.39, 0.29) is 18.0 Å². The summed E-state index contributed by atoms with van der Waals surface area (Å²) in [6, 6.07) is 6.93. The van der Waals surface area contributed by atoms with Crippen LogP contribution in [-0.4, -0.2) is 49.6 Å². The fourth-order valence-corrected chi connectivity index (χ4v) is 3.00. The molecule has 24 heavy (non-hydrogen) atoms. The Morgan fingerprint density at radius 3 is 2.50 bits per heavy atom. The van der Waals surface area contributed by atoms with Gasteiger partial charge in [-0.2, -0.15) is 0 Å². The van der Waals surface area contributed by atoms with E-state index in [1.807, 2.05) is 37.9 Å². The van der Waals surface area contributed by atoms with Gasteiger partial charge in [-0.05, 0) is 58.3 Å². The number of amides is 3. The topological polar surface area (TPSA) is 73.5 Å². The monoisotopic (exact) mass is 332 g/mol. The molecule has 0 aliphatic carbocycles. The molecule has 132 valence electrons. The zero-order valence-corrected chi connectivity index (χ0v) is 14.8. The summed E-state index contributed by atoms with van der Waals surface area (Å²) in [6.45, 7) is 6.31. The molecular weight excluding hydrogens is 304 g/mol. The van der Waals surface area contributed by atoms with Crippen molar-refractivity contribution < 1.29 is 9.59 Å². The molecule has 0 aromatic heterocycles. The molecule has 0 saturated carbocycles. The largest absolute Gasteiger partial charge is 0.339 e. The number of nitrogens with zero attached hydrogens (tertiary/aromatic N) is 1. The molecule has 0 unspecified atom stereocenters. The maximum atomic E-state index is 12.8. The minimum Gasteiger partial charge on any atom is -0.339 e. The first kappa shape index (κ1) is 18.3. The van der Waals surface area contributed by atoms with E-state index in [9.17, 15) is 9.59 Å². The Bertz CT molecular complexity index is 566. The van der Waals surface area contributed by atoms with E-state index < -0.39 is 0 Å². The van der Waals surface area contributed by atoms with Gasteiger partial charge in [-0.3, -0.25) is 4.79 Å². The van der Waals surface area contributed by atoms with Crippen molar-refractivity contribution in [3.8, 4) is 0 Å². The van der Waals surface area contributed by atoms with Crippen molar-refractivity contribution in [2.75, 3.05) is 32.0 Å². The molecule has 0 spiro atoms. The normalized spacial score (nSPS) is 15.4. The number of nitrogens with one attached hydrogen (secondary N) is 3. The number of hydrogen-bond donors (Lipinski definition) is 3. The number of rotatable bonds is 5. The fraction of sp³-hybridized carbons (Fsp3) is 0.556. The van der Waals surface area contributed by atoms with E-state index >= 15 is 0 Å². The molecule has 0 radical (unpaired) electrons. The minimum atomic E-state index is -0.294. The summed E-state index contributed by atoms with van der Waals surface area (Å²) in [5.74, 6) is 0.614. The Kier molecular flexibility index (Phi) is 6.61. The van der Waals surface area contributed by atoms with Crippen LogP contribution in [0.2, 0.25) is 0 Å². The average Bonchev–Trinajstić information content (AvgIpc) is 2.55. The third kappa shape index (κ3) is 4.96. The van der Waals surface area contributed by atoms with Crippen LogP contribution in [0.4, 0.5) is 10.5 Å². The van der Waals surface area contributed by atoms with Gasteiger partial charge >= 0.3 is 6.03 Å². The number of anilines is 1. The van der Waals surface area contributed by atoms with E-state index in [4.69, 9.17) is 0 Å². The van der Waals surface area contributed by atoms with Gasteiger partial charge in [-0.25, -0.2) is 4.79 Å². The van der Waals surface area contributed by atoms with Crippen LogP contribution in [-0.2, 0) is 0 Å². The molecule has 6 nitrogen and oxygen atoms in total. The highest BCUT2D eigenvalue weighted by molar-refractivity contribution is 6.03. The zero-order chi connectivity index (χ0) is 17.5. The van der Waals surface area contributed by atoms with Gasteiger partial charge in [0.25, 0.3) is 5.91 Å². The zero-order valence-electron chi connectivity index (χ0n) is 14.8. The number of hydrogen-bond acceptors (Lipinski definition) is 3. The second kappa shape index (κ2) is 8.68. The number of carbonyl (C=O) groups excluding carboxylic acids is 2. The lowest BCUT2D eigenvalue weighted by Crippen LogP contribution is -2.41. The van der Waals surface area contributed by atoms with Crippen molar-refractivity contribution in [3.05, 3.63) is 29.8 Å². The van der Waals surface area contributed by atoms with Gasteiger partial charge < -0.3 is 20.9 Å². The Balaban J connectivity index is 2.03. The molecule has 1 aromatic rings. The van der Waals surface area contributed by atoms with Crippen molar-refractivity contribution >= 4 is 17.6 Å². The van der Waals surface area contributed by atoms with Gasteiger partial charge in [-0.1, -0.05) is 12.1 Å². The molecule has 0 bridgehead atoms. The summed E-state index contributed by atoms with van der Waals surface area (Å²) in [6.07, 6.45) is 2.02. The maximum absolute atomic E-state index is 12.8. The summed E-state index contributed by atoms with van der Waals surface area (Å²) in [7, 11) is 1.96. The predicted octanol–water partition coefficient (Wildman–Crippen LogP) is 2.29. The van der Waals surface area contributed by atoms with E-state index in [0.717, 1.165) is 32.5 Å². The molecule has 2 rings (SSSR count). The third-order valence-corrected chi connectivity index (χ3v) is 4.22. The number of benzene rings is 1. The highest BCUT2D eigenvalue weighted by atomic mass is 16.2. The van der Waals surface area contributed by atoms with Crippen LogP contribution in [0.3, 0.4) is 0 Å². The molecule has 1 heterocycles. The molecular formula is C18H28N4O2. The van der Waals surface area contributed by atoms with Gasteiger partial charge in [0.2, 0.25) is 0 Å². The van der Waals surface area contributed by atoms with Gasteiger partial charge in [0.15, 0.2) is 0 Å². The number of para-hydroxylation sites is 1. The highest BCUT2D eigenvalue weighted by Crippen LogP contribution is 2.22. The quantitative estimate of drug-likeness (QED) is 0.774. The summed E-state index contributed by atoms with van der Waals surface area (Å²) >= 11 is 0. The van der Waals surface area contributed by atoms with Gasteiger partial charge in [0, 0.05) is 19.1 Å². The first-order valence-corrected chi connectivity index (χ1v) is 8.61. The van der Waals surface area contributed by atoms with E-state index in [2.05, 4.69) is 16.0 Å². The predicted molar refractivity (Wildman–Crippen MR) is 96.3 cm³/mol. The van der Waals surface area contributed by atoms with E-state index in [1.54, 1.807) is 12.1 Å². The van der Waals surface area contributed by atoms with Crippen LogP contribution in [0, 0.1) is 5.92 Å². The maximum Gasteiger partial charge on any atom is 0.319 e. The SMILES string of the molecule is CNCC1CCN(C(=O)c2ccccc2NC(=O)NC(C)C)CC1. The van der Waals surface area contributed by atoms with Crippen LogP contribution < -0.4 is 16.0 Å². The van der Waals surface area contributed by atoms with Gasteiger partial charge in [-0.15, -0.1) is 0 Å². The Morgan fingerprint density at radius 1 is 1.21 bits per heavy atom. The first-order valence-electron chi connectivity index (χ1n) is 8.61. The number of likely N-dealkylation sites (tertiary alicyclic amines) is 1. The Labute approximate surface area is 144 Å². The average molecular weight is 332 g/mol. The molecule has 1 aromatic carbocycles. The lowest BCUT2D eigenvalue weighted by atomic mass is 9.96. The van der Waals surface area contributed by atoms with Crippen LogP contribution >= 0.6 is 0 Å². The first-order chi connectivity index (χ1) is 11.5. The Morgan fingerprint density at radius 2 is 1.88 bits per heavy atom. The smallest absolute Gasteiger partial charge is 0.319 e. The minimum absolute atomic E-state index is 0.0154. The lowest BCUT2D eigenvalue weighted by Gasteiger charge is -2.32. The number of piperidine rings is 1. The van der Waals surface area contributed by atoms with E-state index in [0.29, 0.717) is 17.2 Å². The molecule has 6 heteroatoms. The van der Waals surface area contributed by atoms with Gasteiger partial charge in [0.1, 0.15) is 0 Å².